The summed E-state index contributed by atoms with van der Waals surface area (Å²) in [4.78, 5) is 23.3. The number of rotatable bonds is 17. The van der Waals surface area contributed by atoms with Crippen molar-refractivity contribution in [1.82, 2.24) is 10.6 Å². The number of hydrogen-bond acceptors (Lipinski definition) is 2. The third kappa shape index (κ3) is 17.3. The monoisotopic (exact) mass is 340 g/mol. The van der Waals surface area contributed by atoms with Crippen molar-refractivity contribution < 1.29 is 9.59 Å². The zero-order valence-corrected chi connectivity index (χ0v) is 16.1. The van der Waals surface area contributed by atoms with Crippen LogP contribution in [-0.2, 0) is 9.59 Å². The molecule has 0 bridgehead atoms. The van der Waals surface area contributed by atoms with Gasteiger partial charge < -0.3 is 10.6 Å². The summed E-state index contributed by atoms with van der Waals surface area (Å²) in [6, 6.07) is 0. The zero-order valence-electron chi connectivity index (χ0n) is 16.1. The summed E-state index contributed by atoms with van der Waals surface area (Å²) >= 11 is 0. The summed E-state index contributed by atoms with van der Waals surface area (Å²) in [6.07, 6.45) is 15.0. The summed E-state index contributed by atoms with van der Waals surface area (Å²) in [7, 11) is 0. The largest absolute Gasteiger partial charge is 0.356 e. The van der Waals surface area contributed by atoms with E-state index in [1.165, 1.54) is 38.5 Å². The average molecular weight is 341 g/mol. The minimum Gasteiger partial charge on any atom is -0.356 e. The van der Waals surface area contributed by atoms with Gasteiger partial charge >= 0.3 is 0 Å². The van der Waals surface area contributed by atoms with E-state index in [2.05, 4.69) is 24.5 Å². The number of carbonyl (C=O) groups is 2. The fourth-order valence-electron chi connectivity index (χ4n) is 2.66. The molecule has 0 fully saturated rings. The Morgan fingerprint density at radius 3 is 1.29 bits per heavy atom. The van der Waals surface area contributed by atoms with Crippen LogP contribution >= 0.6 is 0 Å². The fraction of sp³-hybridized carbons (Fsp3) is 0.900. The third-order valence-electron chi connectivity index (χ3n) is 4.26. The Kier molecular flexibility index (Phi) is 17.5. The van der Waals surface area contributed by atoms with E-state index in [-0.39, 0.29) is 11.8 Å². The maximum absolute atomic E-state index is 11.6. The number of unbranched alkanes of at least 4 members (excludes halogenated alkanes) is 9. The van der Waals surface area contributed by atoms with Gasteiger partial charge in [-0.05, 0) is 25.7 Å². The SMILES string of the molecule is CCCCCCCC(=O)NCCCCNC(=O)CCCCCCC. The molecule has 0 atom stereocenters. The molecule has 0 saturated carbocycles. The predicted octanol–water partition coefficient (Wildman–Crippen LogP) is 4.72. The first kappa shape index (κ1) is 22.9. The first-order chi connectivity index (χ1) is 11.7. The van der Waals surface area contributed by atoms with Crippen molar-refractivity contribution in [3.63, 3.8) is 0 Å². The molecule has 2 N–H and O–H groups in total. The lowest BCUT2D eigenvalue weighted by Crippen LogP contribution is -2.27. The summed E-state index contributed by atoms with van der Waals surface area (Å²) in [5, 5.41) is 5.93. The van der Waals surface area contributed by atoms with E-state index in [1.54, 1.807) is 0 Å². The average Bonchev–Trinajstić information content (AvgIpc) is 2.57. The summed E-state index contributed by atoms with van der Waals surface area (Å²) < 4.78 is 0. The van der Waals surface area contributed by atoms with Gasteiger partial charge in [-0.15, -0.1) is 0 Å². The van der Waals surface area contributed by atoms with Crippen LogP contribution in [0.4, 0.5) is 0 Å². The highest BCUT2D eigenvalue weighted by Crippen LogP contribution is 2.05. The van der Waals surface area contributed by atoms with E-state index in [4.69, 9.17) is 0 Å². The molecule has 0 radical (unpaired) electrons. The molecule has 0 aromatic carbocycles. The predicted molar refractivity (Wildman–Crippen MR) is 102 cm³/mol. The molecule has 0 aromatic heterocycles. The van der Waals surface area contributed by atoms with Crippen LogP contribution in [0.25, 0.3) is 0 Å². The van der Waals surface area contributed by atoms with Crippen LogP contribution in [0.5, 0.6) is 0 Å². The Morgan fingerprint density at radius 2 is 0.917 bits per heavy atom. The minimum absolute atomic E-state index is 0.169. The highest BCUT2D eigenvalue weighted by Gasteiger charge is 2.02. The molecule has 0 aliphatic heterocycles. The smallest absolute Gasteiger partial charge is 0.219 e. The van der Waals surface area contributed by atoms with Crippen LogP contribution in [0.15, 0.2) is 0 Å². The molecular weight excluding hydrogens is 300 g/mol. The molecule has 4 heteroatoms. The van der Waals surface area contributed by atoms with Crippen molar-refractivity contribution >= 4 is 11.8 Å². The van der Waals surface area contributed by atoms with Gasteiger partial charge in [0.05, 0.1) is 0 Å². The first-order valence-corrected chi connectivity index (χ1v) is 10.2. The highest BCUT2D eigenvalue weighted by molar-refractivity contribution is 5.76. The molecular formula is C20H40N2O2. The summed E-state index contributed by atoms with van der Waals surface area (Å²) in [5.41, 5.74) is 0. The lowest BCUT2D eigenvalue weighted by atomic mass is 10.1. The second-order valence-electron chi connectivity index (χ2n) is 6.74. The Bertz CT molecular complexity index is 276. The Balaban J connectivity index is 3.28. The third-order valence-corrected chi connectivity index (χ3v) is 4.26. The van der Waals surface area contributed by atoms with Crippen LogP contribution in [0.1, 0.15) is 104 Å². The standard InChI is InChI=1S/C20H40N2O2/c1-3-5-7-9-11-15-19(23)21-17-13-14-18-22-20(24)16-12-10-8-6-4-2/h3-18H2,1-2H3,(H,21,23)(H,22,24). The molecule has 0 saturated heterocycles. The van der Waals surface area contributed by atoms with Crippen molar-refractivity contribution in [3.8, 4) is 0 Å². The summed E-state index contributed by atoms with van der Waals surface area (Å²) in [6.45, 7) is 5.84. The molecule has 0 aliphatic rings. The Labute approximate surface area is 149 Å². The highest BCUT2D eigenvalue weighted by atomic mass is 16.2. The normalized spacial score (nSPS) is 10.6. The summed E-state index contributed by atoms with van der Waals surface area (Å²) in [5.74, 6) is 0.338. The van der Waals surface area contributed by atoms with Crippen LogP contribution in [0.3, 0.4) is 0 Å². The van der Waals surface area contributed by atoms with Gasteiger partial charge in [0.2, 0.25) is 11.8 Å². The van der Waals surface area contributed by atoms with Crippen molar-refractivity contribution in [1.29, 1.82) is 0 Å². The van der Waals surface area contributed by atoms with E-state index in [0.29, 0.717) is 12.8 Å². The van der Waals surface area contributed by atoms with Gasteiger partial charge in [0.15, 0.2) is 0 Å². The zero-order chi connectivity index (χ0) is 17.9. The maximum Gasteiger partial charge on any atom is 0.219 e. The van der Waals surface area contributed by atoms with Crippen molar-refractivity contribution in [2.75, 3.05) is 13.1 Å². The lowest BCUT2D eigenvalue weighted by Gasteiger charge is -2.07. The van der Waals surface area contributed by atoms with Crippen molar-refractivity contribution in [2.45, 2.75) is 104 Å². The second kappa shape index (κ2) is 18.3. The van der Waals surface area contributed by atoms with E-state index >= 15 is 0 Å². The molecule has 0 aromatic rings. The van der Waals surface area contributed by atoms with E-state index in [1.807, 2.05) is 0 Å². The van der Waals surface area contributed by atoms with Gasteiger partial charge in [0.25, 0.3) is 0 Å². The van der Waals surface area contributed by atoms with E-state index in [0.717, 1.165) is 51.6 Å². The topological polar surface area (TPSA) is 58.2 Å². The quantitative estimate of drug-likeness (QED) is 0.376. The molecule has 142 valence electrons. The van der Waals surface area contributed by atoms with Gasteiger partial charge in [-0.3, -0.25) is 9.59 Å². The van der Waals surface area contributed by atoms with Gasteiger partial charge in [-0.1, -0.05) is 65.2 Å². The maximum atomic E-state index is 11.6. The van der Waals surface area contributed by atoms with Crippen LogP contribution in [-0.4, -0.2) is 24.9 Å². The Morgan fingerprint density at radius 1 is 0.542 bits per heavy atom. The molecule has 0 rings (SSSR count). The van der Waals surface area contributed by atoms with Crippen LogP contribution < -0.4 is 10.6 Å². The lowest BCUT2D eigenvalue weighted by molar-refractivity contribution is -0.122. The number of carbonyl (C=O) groups excluding carboxylic acids is 2. The van der Waals surface area contributed by atoms with Crippen molar-refractivity contribution in [2.24, 2.45) is 0 Å². The van der Waals surface area contributed by atoms with Gasteiger partial charge in [0, 0.05) is 25.9 Å². The van der Waals surface area contributed by atoms with Crippen LogP contribution in [0.2, 0.25) is 0 Å². The first-order valence-electron chi connectivity index (χ1n) is 10.2. The minimum atomic E-state index is 0.169. The number of hydrogen-bond donors (Lipinski definition) is 2. The van der Waals surface area contributed by atoms with Gasteiger partial charge in [-0.25, -0.2) is 0 Å². The molecule has 4 nitrogen and oxygen atoms in total. The van der Waals surface area contributed by atoms with E-state index < -0.39 is 0 Å². The van der Waals surface area contributed by atoms with Crippen LogP contribution in [0, 0.1) is 0 Å². The molecule has 24 heavy (non-hydrogen) atoms. The fourth-order valence-corrected chi connectivity index (χ4v) is 2.66. The van der Waals surface area contributed by atoms with Gasteiger partial charge in [0.1, 0.15) is 0 Å². The molecule has 2 amide bonds. The van der Waals surface area contributed by atoms with E-state index in [9.17, 15) is 9.59 Å². The molecule has 0 heterocycles. The number of amides is 2. The Hall–Kier alpha value is -1.06. The van der Waals surface area contributed by atoms with Gasteiger partial charge in [-0.2, -0.15) is 0 Å². The molecule has 0 unspecified atom stereocenters. The molecule has 0 aliphatic carbocycles. The van der Waals surface area contributed by atoms with Crippen molar-refractivity contribution in [3.05, 3.63) is 0 Å². The number of nitrogens with one attached hydrogen (secondary N) is 2. The molecule has 0 spiro atoms. The second-order valence-corrected chi connectivity index (χ2v) is 6.74.